The molecule has 1 heterocycles. The second-order valence-corrected chi connectivity index (χ2v) is 6.83. The van der Waals surface area contributed by atoms with Gasteiger partial charge in [0.25, 0.3) is 5.91 Å². The Morgan fingerprint density at radius 1 is 1.27 bits per heavy atom. The second kappa shape index (κ2) is 7.21. The van der Waals surface area contributed by atoms with Crippen molar-refractivity contribution in [2.24, 2.45) is 0 Å². The number of imide groups is 1. The molecule has 0 aliphatic carbocycles. The smallest absolute Gasteiger partial charge is 0.329 e. The van der Waals surface area contributed by atoms with E-state index in [1.807, 2.05) is 31.2 Å². The number of hydrogen-bond acceptors (Lipinski definition) is 4. The molecule has 0 saturated carbocycles. The molecule has 3 rings (SSSR count). The van der Waals surface area contributed by atoms with Crippen LogP contribution in [0.2, 0.25) is 0 Å². The van der Waals surface area contributed by atoms with Crippen molar-refractivity contribution in [3.05, 3.63) is 63.3 Å². The highest BCUT2D eigenvalue weighted by Gasteiger charge is 2.33. The van der Waals surface area contributed by atoms with Crippen LogP contribution in [0.3, 0.4) is 0 Å². The van der Waals surface area contributed by atoms with Gasteiger partial charge in [-0.15, -0.1) is 0 Å². The van der Waals surface area contributed by atoms with Crippen LogP contribution in [0.4, 0.5) is 4.79 Å². The van der Waals surface area contributed by atoms with Gasteiger partial charge in [0.05, 0.1) is 13.7 Å². The monoisotopic (exact) mass is 416 g/mol. The van der Waals surface area contributed by atoms with E-state index in [1.54, 1.807) is 12.1 Å². The average molecular weight is 417 g/mol. The van der Waals surface area contributed by atoms with Crippen LogP contribution in [-0.2, 0) is 11.3 Å². The minimum atomic E-state index is -0.496. The predicted molar refractivity (Wildman–Crippen MR) is 101 cm³/mol. The van der Waals surface area contributed by atoms with Gasteiger partial charge in [0.2, 0.25) is 0 Å². The molecule has 0 aromatic heterocycles. The predicted octanol–water partition coefficient (Wildman–Crippen LogP) is 3.56. The molecule has 7 heteroatoms. The van der Waals surface area contributed by atoms with Gasteiger partial charge in [0.1, 0.15) is 5.70 Å². The molecule has 2 N–H and O–H groups in total. The zero-order valence-electron chi connectivity index (χ0n) is 14.2. The maximum Gasteiger partial charge on any atom is 0.329 e. The van der Waals surface area contributed by atoms with Gasteiger partial charge in [0, 0.05) is 10.0 Å². The number of aryl methyl sites for hydroxylation is 1. The van der Waals surface area contributed by atoms with Gasteiger partial charge in [0.15, 0.2) is 11.5 Å². The zero-order valence-corrected chi connectivity index (χ0v) is 15.8. The number of carbonyl (C=O) groups is 2. The highest BCUT2D eigenvalue weighted by atomic mass is 79.9. The molecule has 3 amide bonds. The van der Waals surface area contributed by atoms with Crippen LogP contribution in [0.15, 0.2) is 46.6 Å². The lowest BCUT2D eigenvalue weighted by molar-refractivity contribution is -0.123. The third-order valence-electron chi connectivity index (χ3n) is 3.97. The molecule has 6 nitrogen and oxygen atoms in total. The fraction of sp³-hybridized carbons (Fsp3) is 0.158. The van der Waals surface area contributed by atoms with E-state index >= 15 is 0 Å². The van der Waals surface area contributed by atoms with Crippen LogP contribution in [-0.4, -0.2) is 29.1 Å². The molecule has 2 aromatic rings. The van der Waals surface area contributed by atoms with Crippen LogP contribution in [0, 0.1) is 6.92 Å². The molecule has 1 aliphatic heterocycles. The van der Waals surface area contributed by atoms with Gasteiger partial charge < -0.3 is 15.2 Å². The lowest BCUT2D eigenvalue weighted by Gasteiger charge is -2.12. The quantitative estimate of drug-likeness (QED) is 0.589. The number of nitrogens with one attached hydrogen (secondary N) is 1. The summed E-state index contributed by atoms with van der Waals surface area (Å²) in [5, 5.41) is 12.8. The van der Waals surface area contributed by atoms with Gasteiger partial charge in [-0.25, -0.2) is 4.79 Å². The Balaban J connectivity index is 1.89. The minimum Gasteiger partial charge on any atom is -0.504 e. The van der Waals surface area contributed by atoms with E-state index in [1.165, 1.54) is 13.2 Å². The molecular formula is C19H17BrN2O4. The molecule has 0 bridgehead atoms. The van der Waals surface area contributed by atoms with Crippen LogP contribution >= 0.6 is 15.9 Å². The average Bonchev–Trinajstić information content (AvgIpc) is 2.85. The number of ether oxygens (including phenoxy) is 1. The summed E-state index contributed by atoms with van der Waals surface area (Å²) in [5.41, 5.74) is 2.37. The molecule has 1 aliphatic rings. The molecular weight excluding hydrogens is 400 g/mol. The van der Waals surface area contributed by atoms with E-state index in [9.17, 15) is 14.7 Å². The first-order valence-corrected chi connectivity index (χ1v) is 8.65. The Morgan fingerprint density at radius 2 is 2.04 bits per heavy atom. The van der Waals surface area contributed by atoms with E-state index < -0.39 is 11.9 Å². The summed E-state index contributed by atoms with van der Waals surface area (Å²) in [5.74, 6) is -0.295. The summed E-state index contributed by atoms with van der Waals surface area (Å²) in [6.45, 7) is 2.13. The van der Waals surface area contributed by atoms with Gasteiger partial charge in [-0.3, -0.25) is 9.69 Å². The summed E-state index contributed by atoms with van der Waals surface area (Å²) < 4.78 is 5.77. The number of hydrogen-bond donors (Lipinski definition) is 2. The molecule has 2 aromatic carbocycles. The van der Waals surface area contributed by atoms with E-state index in [4.69, 9.17) is 4.74 Å². The van der Waals surface area contributed by atoms with Gasteiger partial charge in [-0.2, -0.15) is 0 Å². The van der Waals surface area contributed by atoms with Crippen molar-refractivity contribution < 1.29 is 19.4 Å². The van der Waals surface area contributed by atoms with Crippen LogP contribution < -0.4 is 10.1 Å². The Kier molecular flexibility index (Phi) is 4.99. The van der Waals surface area contributed by atoms with E-state index in [0.717, 1.165) is 16.0 Å². The number of phenolic OH excluding ortho intramolecular Hbond substituents is 1. The Labute approximate surface area is 159 Å². The zero-order chi connectivity index (χ0) is 18.8. The lowest BCUT2D eigenvalue weighted by atomic mass is 10.1. The Morgan fingerprint density at radius 3 is 2.73 bits per heavy atom. The fourth-order valence-corrected chi connectivity index (χ4v) is 3.18. The number of urea groups is 1. The minimum absolute atomic E-state index is 0.0955. The van der Waals surface area contributed by atoms with E-state index in [0.29, 0.717) is 10.0 Å². The number of methoxy groups -OCH3 is 1. The second-order valence-electron chi connectivity index (χ2n) is 5.91. The lowest BCUT2D eigenvalue weighted by Crippen LogP contribution is -2.30. The number of benzene rings is 2. The van der Waals surface area contributed by atoms with Crippen LogP contribution in [0.1, 0.15) is 16.7 Å². The summed E-state index contributed by atoms with van der Waals surface area (Å²) in [7, 11) is 1.44. The first kappa shape index (κ1) is 18.0. The molecule has 0 spiro atoms. The molecule has 0 atom stereocenters. The summed E-state index contributed by atoms with van der Waals surface area (Å²) in [4.78, 5) is 25.9. The summed E-state index contributed by atoms with van der Waals surface area (Å²) >= 11 is 3.32. The number of aromatic hydroxyl groups is 1. The highest BCUT2D eigenvalue weighted by Crippen LogP contribution is 2.35. The fourth-order valence-electron chi connectivity index (χ4n) is 2.72. The largest absolute Gasteiger partial charge is 0.504 e. The number of amides is 3. The topological polar surface area (TPSA) is 78.9 Å². The summed E-state index contributed by atoms with van der Waals surface area (Å²) in [6, 6.07) is 10.4. The third kappa shape index (κ3) is 3.57. The van der Waals surface area contributed by atoms with Crippen molar-refractivity contribution in [2.75, 3.05) is 7.11 Å². The van der Waals surface area contributed by atoms with E-state index in [2.05, 4.69) is 21.2 Å². The third-order valence-corrected chi connectivity index (χ3v) is 4.43. The normalized spacial score (nSPS) is 15.5. The molecule has 0 unspecified atom stereocenters. The standard InChI is InChI=1S/C19H17BrN2O4/c1-11-4-3-5-12(6-11)10-22-18(24)15(21-19(22)25)8-13-7-14(20)9-16(26-2)17(13)23/h3-9,23H,10H2,1-2H3,(H,21,25)/b15-8+. The Hall–Kier alpha value is -2.80. The highest BCUT2D eigenvalue weighted by molar-refractivity contribution is 9.10. The first-order chi connectivity index (χ1) is 12.4. The number of rotatable bonds is 4. The first-order valence-electron chi connectivity index (χ1n) is 7.85. The van der Waals surface area contributed by atoms with Gasteiger partial charge in [-0.1, -0.05) is 45.8 Å². The van der Waals surface area contributed by atoms with Crippen molar-refractivity contribution in [2.45, 2.75) is 13.5 Å². The number of nitrogens with zero attached hydrogens (tertiary/aromatic N) is 1. The SMILES string of the molecule is COc1cc(Br)cc(/C=C2/NC(=O)N(Cc3cccc(C)c3)C2=O)c1O. The van der Waals surface area contributed by atoms with Crippen molar-refractivity contribution in [1.29, 1.82) is 0 Å². The van der Waals surface area contributed by atoms with E-state index in [-0.39, 0.29) is 23.7 Å². The van der Waals surface area contributed by atoms with Crippen molar-refractivity contribution in [3.8, 4) is 11.5 Å². The number of carbonyl (C=O) groups excluding carboxylic acids is 2. The van der Waals surface area contributed by atoms with Crippen LogP contribution in [0.25, 0.3) is 6.08 Å². The van der Waals surface area contributed by atoms with Crippen molar-refractivity contribution >= 4 is 33.9 Å². The molecule has 134 valence electrons. The number of halogens is 1. The molecule has 0 radical (unpaired) electrons. The molecule has 26 heavy (non-hydrogen) atoms. The molecule has 1 saturated heterocycles. The number of phenols is 1. The molecule has 1 fully saturated rings. The van der Waals surface area contributed by atoms with Crippen LogP contribution in [0.5, 0.6) is 11.5 Å². The van der Waals surface area contributed by atoms with Gasteiger partial charge >= 0.3 is 6.03 Å². The Bertz CT molecular complexity index is 924. The summed E-state index contributed by atoms with van der Waals surface area (Å²) in [6.07, 6.45) is 1.43. The van der Waals surface area contributed by atoms with Crippen molar-refractivity contribution in [3.63, 3.8) is 0 Å². The maximum atomic E-state index is 12.6. The maximum absolute atomic E-state index is 12.6. The van der Waals surface area contributed by atoms with Crippen molar-refractivity contribution in [1.82, 2.24) is 10.2 Å². The van der Waals surface area contributed by atoms with Gasteiger partial charge in [-0.05, 0) is 30.7 Å².